The summed E-state index contributed by atoms with van der Waals surface area (Å²) in [5, 5.41) is 15.8. The predicted molar refractivity (Wildman–Crippen MR) is 138 cm³/mol. The maximum Gasteiger partial charge on any atom is 0.138 e. The van der Waals surface area contributed by atoms with Gasteiger partial charge < -0.3 is 14.8 Å². The SMILES string of the molecule is CCCNc1ccc2cc(-c3cccc(OC(C)(C)CCOC(C)(C)C)c3C#N)ccc2c1. The molecule has 0 aliphatic heterocycles. The maximum atomic E-state index is 10.0. The number of anilines is 1. The van der Waals surface area contributed by atoms with Gasteiger partial charge >= 0.3 is 0 Å². The average Bonchev–Trinajstić information content (AvgIpc) is 2.75. The summed E-state index contributed by atoms with van der Waals surface area (Å²) in [7, 11) is 0. The number of fused-ring (bicyclic) bond motifs is 1. The first-order valence-corrected chi connectivity index (χ1v) is 11.8. The van der Waals surface area contributed by atoms with E-state index in [0.717, 1.165) is 41.6 Å². The number of nitriles is 1. The van der Waals surface area contributed by atoms with E-state index in [-0.39, 0.29) is 5.60 Å². The van der Waals surface area contributed by atoms with Gasteiger partial charge in [0.25, 0.3) is 0 Å². The molecule has 0 bridgehead atoms. The summed E-state index contributed by atoms with van der Waals surface area (Å²) >= 11 is 0. The van der Waals surface area contributed by atoms with Gasteiger partial charge in [0.15, 0.2) is 0 Å². The van der Waals surface area contributed by atoms with Crippen LogP contribution < -0.4 is 10.1 Å². The van der Waals surface area contributed by atoms with E-state index in [9.17, 15) is 5.26 Å². The highest BCUT2D eigenvalue weighted by atomic mass is 16.5. The predicted octanol–water partition coefficient (Wildman–Crippen LogP) is 7.56. The molecule has 3 rings (SSSR count). The molecule has 0 saturated heterocycles. The third-order valence-corrected chi connectivity index (χ3v) is 5.49. The molecule has 0 spiro atoms. The van der Waals surface area contributed by atoms with E-state index in [0.29, 0.717) is 17.9 Å². The van der Waals surface area contributed by atoms with Crippen molar-refractivity contribution < 1.29 is 9.47 Å². The zero-order valence-corrected chi connectivity index (χ0v) is 20.8. The fraction of sp³-hybridized carbons (Fsp3) is 0.414. The minimum absolute atomic E-state index is 0.184. The molecule has 3 aromatic carbocycles. The smallest absolute Gasteiger partial charge is 0.138 e. The largest absolute Gasteiger partial charge is 0.486 e. The van der Waals surface area contributed by atoms with Crippen LogP contribution in [0.2, 0.25) is 0 Å². The molecule has 33 heavy (non-hydrogen) atoms. The lowest BCUT2D eigenvalue weighted by molar-refractivity contribution is -0.0293. The summed E-state index contributed by atoms with van der Waals surface area (Å²) in [6, 6.07) is 20.9. The topological polar surface area (TPSA) is 54.3 Å². The molecule has 0 unspecified atom stereocenters. The number of ether oxygens (including phenoxy) is 2. The fourth-order valence-electron chi connectivity index (χ4n) is 3.72. The zero-order valence-electron chi connectivity index (χ0n) is 20.8. The summed E-state index contributed by atoms with van der Waals surface area (Å²) < 4.78 is 12.2. The third-order valence-electron chi connectivity index (χ3n) is 5.49. The fourth-order valence-corrected chi connectivity index (χ4v) is 3.72. The van der Waals surface area contributed by atoms with E-state index in [1.54, 1.807) is 0 Å². The second kappa shape index (κ2) is 10.3. The third kappa shape index (κ3) is 6.73. The van der Waals surface area contributed by atoms with Gasteiger partial charge in [-0.1, -0.05) is 37.3 Å². The van der Waals surface area contributed by atoms with Gasteiger partial charge in [-0.3, -0.25) is 0 Å². The highest BCUT2D eigenvalue weighted by Crippen LogP contribution is 2.34. The van der Waals surface area contributed by atoms with Gasteiger partial charge in [0.1, 0.15) is 23.0 Å². The molecule has 1 N–H and O–H groups in total. The Morgan fingerprint density at radius 1 is 0.939 bits per heavy atom. The van der Waals surface area contributed by atoms with E-state index in [1.807, 2.05) is 52.8 Å². The van der Waals surface area contributed by atoms with Crippen molar-refractivity contribution >= 4 is 16.5 Å². The Kier molecular flexibility index (Phi) is 7.66. The van der Waals surface area contributed by atoms with Crippen molar-refractivity contribution in [2.45, 2.75) is 65.6 Å². The van der Waals surface area contributed by atoms with E-state index in [1.165, 1.54) is 5.39 Å². The molecule has 0 radical (unpaired) electrons. The highest BCUT2D eigenvalue weighted by Gasteiger charge is 2.24. The molecular formula is C29H36N2O2. The van der Waals surface area contributed by atoms with Gasteiger partial charge in [-0.15, -0.1) is 0 Å². The first-order chi connectivity index (χ1) is 15.6. The van der Waals surface area contributed by atoms with Crippen LogP contribution in [-0.4, -0.2) is 24.4 Å². The molecule has 0 amide bonds. The van der Waals surface area contributed by atoms with Crippen LogP contribution in [0.5, 0.6) is 5.75 Å². The maximum absolute atomic E-state index is 10.0. The summed E-state index contributed by atoms with van der Waals surface area (Å²) in [4.78, 5) is 0. The molecule has 0 aliphatic rings. The van der Waals surface area contributed by atoms with Crippen LogP contribution in [0.1, 0.15) is 59.9 Å². The first-order valence-electron chi connectivity index (χ1n) is 11.8. The van der Waals surface area contributed by atoms with Gasteiger partial charge in [-0.2, -0.15) is 5.26 Å². The van der Waals surface area contributed by atoms with Crippen LogP contribution in [0.15, 0.2) is 54.6 Å². The lowest BCUT2D eigenvalue weighted by atomic mass is 9.96. The normalized spacial score (nSPS) is 11.9. The Morgan fingerprint density at radius 3 is 2.36 bits per heavy atom. The molecule has 0 fully saturated rings. The van der Waals surface area contributed by atoms with Gasteiger partial charge in [0.2, 0.25) is 0 Å². The number of hydrogen-bond donors (Lipinski definition) is 1. The lowest BCUT2D eigenvalue weighted by Gasteiger charge is -2.29. The van der Waals surface area contributed by atoms with Crippen molar-refractivity contribution in [3.63, 3.8) is 0 Å². The van der Waals surface area contributed by atoms with Crippen LogP contribution in [-0.2, 0) is 4.74 Å². The minimum atomic E-state index is -0.458. The van der Waals surface area contributed by atoms with Crippen LogP contribution in [0, 0.1) is 11.3 Å². The van der Waals surface area contributed by atoms with Gasteiger partial charge in [-0.25, -0.2) is 0 Å². The number of nitrogens with zero attached hydrogens (tertiary/aromatic N) is 1. The first kappa shape index (κ1) is 24.6. The summed E-state index contributed by atoms with van der Waals surface area (Å²) in [6.45, 7) is 13.9. The van der Waals surface area contributed by atoms with E-state index in [4.69, 9.17) is 9.47 Å². The van der Waals surface area contributed by atoms with Crippen molar-refractivity contribution in [2.24, 2.45) is 0 Å². The lowest BCUT2D eigenvalue weighted by Crippen LogP contribution is -2.32. The van der Waals surface area contributed by atoms with Crippen LogP contribution in [0.4, 0.5) is 5.69 Å². The van der Waals surface area contributed by atoms with Crippen molar-refractivity contribution in [3.8, 4) is 22.9 Å². The Labute approximate surface area is 198 Å². The van der Waals surface area contributed by atoms with Crippen molar-refractivity contribution in [1.29, 1.82) is 5.26 Å². The molecule has 4 heteroatoms. The molecular weight excluding hydrogens is 408 g/mol. The van der Waals surface area contributed by atoms with Crippen LogP contribution in [0.3, 0.4) is 0 Å². The molecule has 4 nitrogen and oxygen atoms in total. The molecule has 3 aromatic rings. The molecule has 0 aliphatic carbocycles. The Bertz CT molecular complexity index is 1140. The molecule has 174 valence electrons. The monoisotopic (exact) mass is 444 g/mol. The molecule has 0 heterocycles. The van der Waals surface area contributed by atoms with Gasteiger partial charge in [0, 0.05) is 24.2 Å². The van der Waals surface area contributed by atoms with E-state index < -0.39 is 5.60 Å². The Morgan fingerprint density at radius 2 is 1.67 bits per heavy atom. The van der Waals surface area contributed by atoms with Gasteiger partial charge in [-0.05, 0) is 81.6 Å². The Hall–Kier alpha value is -3.03. The van der Waals surface area contributed by atoms with Crippen molar-refractivity contribution in [1.82, 2.24) is 0 Å². The van der Waals surface area contributed by atoms with E-state index >= 15 is 0 Å². The standard InChI is InChI=1S/C29H36N2O2/c1-7-16-31-24-14-13-21-18-23(12-11-22(21)19-24)25-9-8-10-27(26(25)20-30)33-29(5,6)15-17-32-28(2,3)4/h8-14,18-19,31H,7,15-17H2,1-6H3. The quantitative estimate of drug-likeness (QED) is 0.370. The summed E-state index contributed by atoms with van der Waals surface area (Å²) in [5.41, 5.74) is 2.93. The number of rotatable bonds is 9. The summed E-state index contributed by atoms with van der Waals surface area (Å²) in [6.07, 6.45) is 1.82. The zero-order chi connectivity index (χ0) is 24.1. The van der Waals surface area contributed by atoms with Crippen molar-refractivity contribution in [2.75, 3.05) is 18.5 Å². The summed E-state index contributed by atoms with van der Waals surface area (Å²) in [5.74, 6) is 0.606. The number of hydrogen-bond acceptors (Lipinski definition) is 4. The number of nitrogens with one attached hydrogen (secondary N) is 1. The van der Waals surface area contributed by atoms with Crippen LogP contribution in [0.25, 0.3) is 21.9 Å². The minimum Gasteiger partial charge on any atom is -0.486 e. The molecule has 0 aromatic heterocycles. The molecule has 0 saturated carbocycles. The second-order valence-electron chi connectivity index (χ2n) is 10.1. The highest BCUT2D eigenvalue weighted by molar-refractivity contribution is 5.90. The van der Waals surface area contributed by atoms with Crippen molar-refractivity contribution in [3.05, 3.63) is 60.2 Å². The van der Waals surface area contributed by atoms with Crippen LogP contribution >= 0.6 is 0 Å². The van der Waals surface area contributed by atoms with E-state index in [2.05, 4.69) is 54.7 Å². The Balaban J connectivity index is 1.86. The van der Waals surface area contributed by atoms with Gasteiger partial charge in [0.05, 0.1) is 12.2 Å². The number of benzene rings is 3. The molecule has 0 atom stereocenters. The second-order valence-corrected chi connectivity index (χ2v) is 10.1. The average molecular weight is 445 g/mol.